The van der Waals surface area contributed by atoms with E-state index in [0.717, 1.165) is 47.0 Å². The van der Waals surface area contributed by atoms with Gasteiger partial charge in [-0.2, -0.15) is 0 Å². The van der Waals surface area contributed by atoms with E-state index in [4.69, 9.17) is 0 Å². The van der Waals surface area contributed by atoms with Crippen molar-refractivity contribution < 1.29 is 17.7 Å². The largest absolute Gasteiger partial charge is 0.611 e. The van der Waals surface area contributed by atoms with Crippen LogP contribution in [0.2, 0.25) is 0 Å². The normalized spacial score (nSPS) is 16.7. The Hall–Kier alpha value is -2.74. The van der Waals surface area contributed by atoms with E-state index in [-0.39, 0.29) is 23.5 Å². The van der Waals surface area contributed by atoms with Gasteiger partial charge in [0.25, 0.3) is 0 Å². The number of benzene rings is 3. The van der Waals surface area contributed by atoms with Crippen LogP contribution in [0.3, 0.4) is 0 Å². The summed E-state index contributed by atoms with van der Waals surface area (Å²) in [6, 6.07) is 15.4. The van der Waals surface area contributed by atoms with Crippen LogP contribution in [0.25, 0.3) is 22.0 Å². The molecular weight excluding hydrogens is 445 g/mol. The maximum absolute atomic E-state index is 14.6. The molecule has 170 valence electrons. The summed E-state index contributed by atoms with van der Waals surface area (Å²) in [5.74, 6) is -0.447. The van der Waals surface area contributed by atoms with E-state index in [9.17, 15) is 17.7 Å². The van der Waals surface area contributed by atoms with Crippen molar-refractivity contribution in [1.82, 2.24) is 10.3 Å². The number of hydrogen-bond acceptors (Lipinski definition) is 2. The molecule has 33 heavy (non-hydrogen) atoms. The SMILES string of the molecule is [O-][S+](CCCC1Cc2[nH]c3c(F)ccc(-c4ccc(F)cc4)c3c2CN1)c1ccc(F)cc1. The Bertz CT molecular complexity index is 1270. The number of aromatic amines is 1. The molecule has 4 aromatic rings. The lowest BCUT2D eigenvalue weighted by atomic mass is 9.94. The van der Waals surface area contributed by atoms with Gasteiger partial charge in [0.15, 0.2) is 4.90 Å². The summed E-state index contributed by atoms with van der Waals surface area (Å²) >= 11 is -1.16. The molecule has 0 saturated heterocycles. The van der Waals surface area contributed by atoms with Crippen LogP contribution in [0.1, 0.15) is 24.1 Å². The van der Waals surface area contributed by atoms with Gasteiger partial charge < -0.3 is 14.9 Å². The molecule has 2 atom stereocenters. The van der Waals surface area contributed by atoms with E-state index >= 15 is 0 Å². The minimum atomic E-state index is -1.16. The highest BCUT2D eigenvalue weighted by Crippen LogP contribution is 2.36. The van der Waals surface area contributed by atoms with Gasteiger partial charge in [0.1, 0.15) is 23.2 Å². The topological polar surface area (TPSA) is 50.9 Å². The highest BCUT2D eigenvalue weighted by molar-refractivity contribution is 7.91. The van der Waals surface area contributed by atoms with Gasteiger partial charge in [0.2, 0.25) is 0 Å². The van der Waals surface area contributed by atoms with Crippen LogP contribution in [0, 0.1) is 17.5 Å². The van der Waals surface area contributed by atoms with Gasteiger partial charge in [0, 0.05) is 30.1 Å². The number of hydrogen-bond donors (Lipinski definition) is 2. The fraction of sp³-hybridized carbons (Fsp3) is 0.231. The summed E-state index contributed by atoms with van der Waals surface area (Å²) in [6.45, 7) is 0.596. The molecular formula is C26H23F3N2OS. The molecule has 2 heterocycles. The molecule has 0 fully saturated rings. The third-order valence-corrected chi connectivity index (χ3v) is 7.69. The molecule has 7 heteroatoms. The Kier molecular flexibility index (Phi) is 6.19. The maximum atomic E-state index is 14.6. The minimum Gasteiger partial charge on any atom is -0.611 e. The lowest BCUT2D eigenvalue weighted by molar-refractivity contribution is 0.445. The zero-order valence-electron chi connectivity index (χ0n) is 17.8. The van der Waals surface area contributed by atoms with Gasteiger partial charge in [-0.3, -0.25) is 0 Å². The highest BCUT2D eigenvalue weighted by Gasteiger charge is 2.25. The molecule has 0 spiro atoms. The molecule has 0 bridgehead atoms. The first-order chi connectivity index (χ1) is 16.0. The van der Waals surface area contributed by atoms with Crippen molar-refractivity contribution in [3.8, 4) is 11.1 Å². The standard InChI is InChI=1S/C26H23F3N2OS/c27-17-5-3-16(4-6-17)21-11-12-23(29)26-25(21)22-15-30-19(14-24(22)31-26)2-1-13-33(32)20-9-7-18(28)8-10-20/h3-12,19,30-31H,1-2,13-15H2. The summed E-state index contributed by atoms with van der Waals surface area (Å²) in [5, 5.41) is 4.36. The van der Waals surface area contributed by atoms with Crippen LogP contribution < -0.4 is 5.32 Å². The molecule has 1 aliphatic rings. The third-order valence-electron chi connectivity index (χ3n) is 6.23. The molecule has 0 amide bonds. The van der Waals surface area contributed by atoms with E-state index in [1.807, 2.05) is 0 Å². The average Bonchev–Trinajstić information content (AvgIpc) is 3.20. The number of halogens is 3. The molecule has 1 aliphatic heterocycles. The Morgan fingerprint density at radius 1 is 0.909 bits per heavy atom. The lowest BCUT2D eigenvalue weighted by Crippen LogP contribution is -2.35. The Morgan fingerprint density at radius 3 is 2.33 bits per heavy atom. The van der Waals surface area contributed by atoms with Gasteiger partial charge in [-0.25, -0.2) is 13.2 Å². The molecule has 2 N–H and O–H groups in total. The number of fused-ring (bicyclic) bond motifs is 3. The summed E-state index contributed by atoms with van der Waals surface area (Å²) in [4.78, 5) is 3.92. The molecule has 2 unspecified atom stereocenters. The van der Waals surface area contributed by atoms with Crippen molar-refractivity contribution in [3.63, 3.8) is 0 Å². The molecule has 0 radical (unpaired) electrons. The lowest BCUT2D eigenvalue weighted by Gasteiger charge is -2.24. The number of rotatable bonds is 6. The van der Waals surface area contributed by atoms with Gasteiger partial charge >= 0.3 is 0 Å². The number of aromatic nitrogens is 1. The Balaban J connectivity index is 1.31. The van der Waals surface area contributed by atoms with Crippen LogP contribution in [0.4, 0.5) is 13.2 Å². The summed E-state index contributed by atoms with van der Waals surface area (Å²) < 4.78 is 53.5. The second-order valence-electron chi connectivity index (χ2n) is 8.36. The molecule has 0 aliphatic carbocycles. The van der Waals surface area contributed by atoms with Gasteiger partial charge in [-0.1, -0.05) is 18.2 Å². The van der Waals surface area contributed by atoms with E-state index in [1.54, 1.807) is 30.3 Å². The van der Waals surface area contributed by atoms with Gasteiger partial charge in [-0.15, -0.1) is 0 Å². The fourth-order valence-corrected chi connectivity index (χ4v) is 5.67. The zero-order chi connectivity index (χ0) is 22.9. The summed E-state index contributed by atoms with van der Waals surface area (Å²) in [5.41, 5.74) is 4.23. The van der Waals surface area contributed by atoms with Crippen molar-refractivity contribution >= 4 is 22.1 Å². The molecule has 5 rings (SSSR count). The molecule has 1 aromatic heterocycles. The molecule has 3 nitrogen and oxygen atoms in total. The highest BCUT2D eigenvalue weighted by atomic mass is 32.2. The number of H-pyrrole nitrogens is 1. The first kappa shape index (κ1) is 22.1. The third kappa shape index (κ3) is 4.53. The Morgan fingerprint density at radius 2 is 1.61 bits per heavy atom. The monoisotopic (exact) mass is 468 g/mol. The van der Waals surface area contributed by atoms with Crippen LogP contribution in [-0.2, 0) is 24.1 Å². The average molecular weight is 469 g/mol. The van der Waals surface area contributed by atoms with Crippen LogP contribution >= 0.6 is 0 Å². The fourth-order valence-electron chi connectivity index (χ4n) is 4.56. The summed E-state index contributed by atoms with van der Waals surface area (Å²) in [6.07, 6.45) is 2.30. The van der Waals surface area contributed by atoms with Crippen LogP contribution in [0.5, 0.6) is 0 Å². The van der Waals surface area contributed by atoms with Crippen molar-refractivity contribution in [3.05, 3.63) is 89.4 Å². The summed E-state index contributed by atoms with van der Waals surface area (Å²) in [7, 11) is 0. The van der Waals surface area contributed by atoms with Crippen molar-refractivity contribution in [2.24, 2.45) is 0 Å². The van der Waals surface area contributed by atoms with Gasteiger partial charge in [0.05, 0.1) is 5.52 Å². The second-order valence-corrected chi connectivity index (χ2v) is 9.93. The van der Waals surface area contributed by atoms with E-state index in [0.29, 0.717) is 22.7 Å². The minimum absolute atomic E-state index is 0.188. The molecule has 3 aromatic carbocycles. The first-order valence-electron chi connectivity index (χ1n) is 10.9. The van der Waals surface area contributed by atoms with Crippen molar-refractivity contribution in [1.29, 1.82) is 0 Å². The van der Waals surface area contributed by atoms with E-state index in [2.05, 4.69) is 10.3 Å². The Labute approximate surface area is 193 Å². The first-order valence-corrected chi connectivity index (χ1v) is 12.3. The predicted molar refractivity (Wildman–Crippen MR) is 125 cm³/mol. The quantitative estimate of drug-likeness (QED) is 0.349. The zero-order valence-corrected chi connectivity index (χ0v) is 18.7. The number of nitrogens with one attached hydrogen (secondary N) is 2. The van der Waals surface area contributed by atoms with E-state index in [1.165, 1.54) is 30.3 Å². The van der Waals surface area contributed by atoms with Crippen LogP contribution in [-0.4, -0.2) is 21.3 Å². The van der Waals surface area contributed by atoms with Crippen LogP contribution in [0.15, 0.2) is 65.6 Å². The molecule has 0 saturated carbocycles. The predicted octanol–water partition coefficient (Wildman–Crippen LogP) is 5.85. The van der Waals surface area contributed by atoms with E-state index < -0.39 is 11.2 Å². The van der Waals surface area contributed by atoms with Crippen molar-refractivity contribution in [2.45, 2.75) is 36.7 Å². The smallest absolute Gasteiger partial charge is 0.152 e. The van der Waals surface area contributed by atoms with Crippen molar-refractivity contribution in [2.75, 3.05) is 5.75 Å². The second kappa shape index (κ2) is 9.25. The maximum Gasteiger partial charge on any atom is 0.152 e. The van der Waals surface area contributed by atoms with Gasteiger partial charge in [-0.05, 0) is 83.2 Å².